The number of amides is 1. The predicted octanol–water partition coefficient (Wildman–Crippen LogP) is 2.96. The van der Waals surface area contributed by atoms with Gasteiger partial charge < -0.3 is 10.4 Å². The fraction of sp³-hybridized carbons (Fsp3) is 0.867. The lowest BCUT2D eigenvalue weighted by Gasteiger charge is -2.39. The lowest BCUT2D eigenvalue weighted by molar-refractivity contribution is -0.158. The molecule has 0 aromatic rings. The van der Waals surface area contributed by atoms with Crippen molar-refractivity contribution >= 4 is 11.9 Å². The normalized spacial score (nSPS) is 18.6. The minimum atomic E-state index is -0.831. The summed E-state index contributed by atoms with van der Waals surface area (Å²) in [4.78, 5) is 23.3. The van der Waals surface area contributed by atoms with Gasteiger partial charge in [-0.2, -0.15) is 0 Å². The molecule has 2 N–H and O–H groups in total. The SMILES string of the molecule is CC(C)(C)CC(C)(C)NC(=O)CC1(C(=O)O)CCC1. The fourth-order valence-electron chi connectivity index (χ4n) is 3.17. The number of carboxylic acids is 1. The van der Waals surface area contributed by atoms with Crippen molar-refractivity contribution in [3.8, 4) is 0 Å². The molecule has 1 rings (SSSR count). The summed E-state index contributed by atoms with van der Waals surface area (Å²) in [7, 11) is 0. The first-order valence-corrected chi connectivity index (χ1v) is 7.00. The Bertz CT molecular complexity index is 362. The molecule has 0 bridgehead atoms. The molecule has 1 fully saturated rings. The third kappa shape index (κ3) is 4.51. The van der Waals surface area contributed by atoms with Crippen LogP contribution in [0.1, 0.15) is 66.7 Å². The summed E-state index contributed by atoms with van der Waals surface area (Å²) in [6.07, 6.45) is 3.11. The van der Waals surface area contributed by atoms with Gasteiger partial charge in [0, 0.05) is 12.0 Å². The number of nitrogens with one attached hydrogen (secondary N) is 1. The summed E-state index contributed by atoms with van der Waals surface area (Å²) in [6, 6.07) is 0. The van der Waals surface area contributed by atoms with Crippen LogP contribution < -0.4 is 5.32 Å². The first kappa shape index (κ1) is 16.0. The van der Waals surface area contributed by atoms with Crippen molar-refractivity contribution in [2.75, 3.05) is 0 Å². The fourth-order valence-corrected chi connectivity index (χ4v) is 3.17. The summed E-state index contributed by atoms with van der Waals surface area (Å²) in [5.74, 6) is -0.973. The average Bonchev–Trinajstić information content (AvgIpc) is 2.04. The monoisotopic (exact) mass is 269 g/mol. The Labute approximate surface area is 116 Å². The maximum Gasteiger partial charge on any atom is 0.310 e. The van der Waals surface area contributed by atoms with E-state index in [1.54, 1.807) is 0 Å². The minimum absolute atomic E-state index is 0.107. The maximum absolute atomic E-state index is 12.1. The second kappa shape index (κ2) is 5.14. The molecule has 1 saturated carbocycles. The van der Waals surface area contributed by atoms with Crippen LogP contribution in [-0.4, -0.2) is 22.5 Å². The zero-order chi connectivity index (χ0) is 14.9. The molecule has 1 aliphatic carbocycles. The topological polar surface area (TPSA) is 66.4 Å². The van der Waals surface area contributed by atoms with Crippen LogP contribution >= 0.6 is 0 Å². The number of carbonyl (C=O) groups excluding carboxylic acids is 1. The summed E-state index contributed by atoms with van der Waals surface area (Å²) in [5.41, 5.74) is -0.988. The van der Waals surface area contributed by atoms with Crippen molar-refractivity contribution < 1.29 is 14.7 Å². The van der Waals surface area contributed by atoms with Crippen LogP contribution in [0.4, 0.5) is 0 Å². The third-order valence-corrected chi connectivity index (χ3v) is 3.71. The van der Waals surface area contributed by atoms with Crippen LogP contribution in [0.15, 0.2) is 0 Å². The molecule has 0 unspecified atom stereocenters. The van der Waals surface area contributed by atoms with Gasteiger partial charge >= 0.3 is 5.97 Å². The highest BCUT2D eigenvalue weighted by Crippen LogP contribution is 2.44. The number of rotatable bonds is 5. The molecule has 1 aliphatic rings. The van der Waals surface area contributed by atoms with Crippen LogP contribution in [0.5, 0.6) is 0 Å². The number of carbonyl (C=O) groups is 2. The molecule has 19 heavy (non-hydrogen) atoms. The molecule has 0 atom stereocenters. The van der Waals surface area contributed by atoms with E-state index in [0.29, 0.717) is 12.8 Å². The zero-order valence-electron chi connectivity index (χ0n) is 12.8. The van der Waals surface area contributed by atoms with Gasteiger partial charge in [0.05, 0.1) is 5.41 Å². The summed E-state index contributed by atoms with van der Waals surface area (Å²) < 4.78 is 0. The number of hydrogen-bond donors (Lipinski definition) is 2. The molecule has 0 heterocycles. The lowest BCUT2D eigenvalue weighted by Crippen LogP contribution is -2.49. The number of aliphatic carboxylic acids is 1. The Kier molecular flexibility index (Phi) is 4.33. The molecule has 0 spiro atoms. The summed E-state index contributed by atoms with van der Waals surface area (Å²) >= 11 is 0. The highest BCUT2D eigenvalue weighted by Gasteiger charge is 2.46. The molecule has 1 amide bonds. The Hall–Kier alpha value is -1.06. The third-order valence-electron chi connectivity index (χ3n) is 3.71. The quantitative estimate of drug-likeness (QED) is 0.806. The minimum Gasteiger partial charge on any atom is -0.481 e. The van der Waals surface area contributed by atoms with Gasteiger partial charge in [-0.25, -0.2) is 0 Å². The molecular formula is C15H27NO3. The van der Waals surface area contributed by atoms with E-state index in [1.165, 1.54) is 0 Å². The van der Waals surface area contributed by atoms with Gasteiger partial charge in [0.15, 0.2) is 0 Å². The number of hydrogen-bond acceptors (Lipinski definition) is 2. The maximum atomic E-state index is 12.1. The Morgan fingerprint density at radius 2 is 1.68 bits per heavy atom. The summed E-state index contributed by atoms with van der Waals surface area (Å²) in [6.45, 7) is 10.4. The van der Waals surface area contributed by atoms with E-state index in [0.717, 1.165) is 12.8 Å². The van der Waals surface area contributed by atoms with Crippen LogP contribution in [0.2, 0.25) is 0 Å². The summed E-state index contributed by atoms with van der Waals surface area (Å²) in [5, 5.41) is 12.2. The Morgan fingerprint density at radius 1 is 1.16 bits per heavy atom. The first-order chi connectivity index (χ1) is 8.46. The average molecular weight is 269 g/mol. The molecule has 110 valence electrons. The van der Waals surface area contributed by atoms with Crippen LogP contribution in [0.25, 0.3) is 0 Å². The van der Waals surface area contributed by atoms with Crippen LogP contribution in [0, 0.1) is 10.8 Å². The highest BCUT2D eigenvalue weighted by molar-refractivity contribution is 5.86. The van der Waals surface area contributed by atoms with Crippen LogP contribution in [0.3, 0.4) is 0 Å². The first-order valence-electron chi connectivity index (χ1n) is 7.00. The van der Waals surface area contributed by atoms with Crippen molar-refractivity contribution in [2.24, 2.45) is 10.8 Å². The van der Waals surface area contributed by atoms with Crippen molar-refractivity contribution in [2.45, 2.75) is 72.3 Å². The van der Waals surface area contributed by atoms with E-state index in [-0.39, 0.29) is 23.3 Å². The van der Waals surface area contributed by atoms with Gasteiger partial charge in [0.1, 0.15) is 0 Å². The molecule has 0 aromatic carbocycles. The van der Waals surface area contributed by atoms with Crippen molar-refractivity contribution in [3.63, 3.8) is 0 Å². The molecule has 4 nitrogen and oxygen atoms in total. The molecule has 0 radical (unpaired) electrons. The number of carboxylic acid groups (broad SMARTS) is 1. The van der Waals surface area contributed by atoms with Gasteiger partial charge in [-0.05, 0) is 38.5 Å². The van der Waals surface area contributed by atoms with Crippen LogP contribution in [-0.2, 0) is 9.59 Å². The largest absolute Gasteiger partial charge is 0.481 e. The van der Waals surface area contributed by atoms with Gasteiger partial charge in [-0.3, -0.25) is 9.59 Å². The molecule has 0 aromatic heterocycles. The Morgan fingerprint density at radius 3 is 2.00 bits per heavy atom. The second-order valence-electron chi connectivity index (χ2n) is 7.79. The van der Waals surface area contributed by atoms with E-state index >= 15 is 0 Å². The van der Waals surface area contributed by atoms with Crippen molar-refractivity contribution in [1.29, 1.82) is 0 Å². The lowest BCUT2D eigenvalue weighted by atomic mass is 9.66. The highest BCUT2D eigenvalue weighted by atomic mass is 16.4. The predicted molar refractivity (Wildman–Crippen MR) is 74.8 cm³/mol. The molecule has 4 heteroatoms. The van der Waals surface area contributed by atoms with E-state index in [9.17, 15) is 14.7 Å². The van der Waals surface area contributed by atoms with Gasteiger partial charge in [0.2, 0.25) is 5.91 Å². The van der Waals surface area contributed by atoms with E-state index in [2.05, 4.69) is 26.1 Å². The Balaban J connectivity index is 2.58. The standard InChI is InChI=1S/C15H27NO3/c1-13(2,3)10-14(4,5)16-11(17)9-15(12(18)19)7-6-8-15/h6-10H2,1-5H3,(H,16,17)(H,18,19). The zero-order valence-corrected chi connectivity index (χ0v) is 12.8. The molecular weight excluding hydrogens is 242 g/mol. The van der Waals surface area contributed by atoms with E-state index < -0.39 is 11.4 Å². The smallest absolute Gasteiger partial charge is 0.310 e. The van der Waals surface area contributed by atoms with Crippen molar-refractivity contribution in [1.82, 2.24) is 5.32 Å². The molecule has 0 saturated heterocycles. The van der Waals surface area contributed by atoms with E-state index in [1.807, 2.05) is 13.8 Å². The molecule has 0 aliphatic heterocycles. The van der Waals surface area contributed by atoms with E-state index in [4.69, 9.17) is 0 Å². The van der Waals surface area contributed by atoms with Gasteiger partial charge in [0.25, 0.3) is 0 Å². The van der Waals surface area contributed by atoms with Crippen molar-refractivity contribution in [3.05, 3.63) is 0 Å². The second-order valence-corrected chi connectivity index (χ2v) is 7.79. The van der Waals surface area contributed by atoms with Gasteiger partial charge in [-0.1, -0.05) is 27.2 Å². The van der Waals surface area contributed by atoms with Gasteiger partial charge in [-0.15, -0.1) is 0 Å².